The molecule has 0 aliphatic carbocycles. The van der Waals surface area contributed by atoms with E-state index >= 15 is 0 Å². The summed E-state index contributed by atoms with van der Waals surface area (Å²) in [6, 6.07) is 0. The highest BCUT2D eigenvalue weighted by Crippen LogP contribution is 2.14. The second-order valence-corrected chi connectivity index (χ2v) is 3.39. The second kappa shape index (κ2) is 3.65. The summed E-state index contributed by atoms with van der Waals surface area (Å²) in [6.45, 7) is 5.56. The molecule has 0 aromatic carbocycles. The van der Waals surface area contributed by atoms with Crippen molar-refractivity contribution < 1.29 is 4.79 Å². The first kappa shape index (κ1) is 10.5. The minimum absolute atomic E-state index is 0.0776. The Balaban J connectivity index is 3.24. The summed E-state index contributed by atoms with van der Waals surface area (Å²) < 4.78 is 1.67. The molecule has 0 fully saturated rings. The van der Waals surface area contributed by atoms with Gasteiger partial charge in [-0.3, -0.25) is 9.48 Å². The van der Waals surface area contributed by atoms with Gasteiger partial charge in [0.15, 0.2) is 5.69 Å². The molecule has 0 radical (unpaired) electrons. The molecule has 4 heteroatoms. The van der Waals surface area contributed by atoms with Crippen molar-refractivity contribution in [3.05, 3.63) is 23.5 Å². The van der Waals surface area contributed by atoms with Crippen molar-refractivity contribution in [1.82, 2.24) is 14.7 Å². The molecule has 0 spiro atoms. The lowest BCUT2D eigenvalue weighted by atomic mass is 10.2. The monoisotopic (exact) mass is 193 g/mol. The summed E-state index contributed by atoms with van der Waals surface area (Å²) >= 11 is 0. The molecule has 1 amide bonds. The van der Waals surface area contributed by atoms with Crippen molar-refractivity contribution in [2.75, 3.05) is 14.1 Å². The van der Waals surface area contributed by atoms with Crippen LogP contribution in [0, 0.1) is 6.92 Å². The number of rotatable bonds is 2. The molecule has 0 aliphatic heterocycles. The highest BCUT2D eigenvalue weighted by molar-refractivity contribution is 5.94. The molecule has 4 nitrogen and oxygen atoms in total. The summed E-state index contributed by atoms with van der Waals surface area (Å²) in [6.07, 6.45) is 1.70. The van der Waals surface area contributed by atoms with Gasteiger partial charge in [0.25, 0.3) is 5.91 Å². The van der Waals surface area contributed by atoms with Gasteiger partial charge in [0.2, 0.25) is 0 Å². The van der Waals surface area contributed by atoms with Crippen LogP contribution in [0.1, 0.15) is 21.7 Å². The number of aromatic nitrogens is 2. The van der Waals surface area contributed by atoms with Gasteiger partial charge in [-0.1, -0.05) is 6.58 Å². The largest absolute Gasteiger partial charge is 0.343 e. The summed E-state index contributed by atoms with van der Waals surface area (Å²) in [5.74, 6) is -0.0776. The molecular formula is C10H15N3O. The van der Waals surface area contributed by atoms with E-state index in [1.807, 2.05) is 6.92 Å². The highest BCUT2D eigenvalue weighted by atomic mass is 16.2. The van der Waals surface area contributed by atoms with Gasteiger partial charge in [0.1, 0.15) is 0 Å². The van der Waals surface area contributed by atoms with Crippen molar-refractivity contribution in [2.24, 2.45) is 7.05 Å². The van der Waals surface area contributed by atoms with Crippen LogP contribution >= 0.6 is 0 Å². The minimum atomic E-state index is -0.0776. The number of nitrogens with zero attached hydrogens (tertiary/aromatic N) is 3. The molecule has 0 bridgehead atoms. The van der Waals surface area contributed by atoms with Crippen LogP contribution in [0.25, 0.3) is 6.08 Å². The van der Waals surface area contributed by atoms with Gasteiger partial charge in [-0.2, -0.15) is 5.10 Å². The first-order chi connectivity index (χ1) is 6.49. The molecule has 0 aliphatic rings. The predicted octanol–water partition coefficient (Wildman–Crippen LogP) is 1.07. The highest BCUT2D eigenvalue weighted by Gasteiger charge is 2.18. The maximum atomic E-state index is 11.7. The van der Waals surface area contributed by atoms with Crippen LogP contribution in [0.5, 0.6) is 0 Å². The van der Waals surface area contributed by atoms with Gasteiger partial charge in [-0.05, 0) is 13.0 Å². The van der Waals surface area contributed by atoms with Crippen LogP contribution in [0.15, 0.2) is 6.58 Å². The van der Waals surface area contributed by atoms with Crippen molar-refractivity contribution in [1.29, 1.82) is 0 Å². The lowest BCUT2D eigenvalue weighted by Gasteiger charge is -2.07. The van der Waals surface area contributed by atoms with Crippen LogP contribution in [0.4, 0.5) is 0 Å². The van der Waals surface area contributed by atoms with Gasteiger partial charge >= 0.3 is 0 Å². The Labute approximate surface area is 83.8 Å². The van der Waals surface area contributed by atoms with Crippen LogP contribution in [0.2, 0.25) is 0 Å². The first-order valence-electron chi connectivity index (χ1n) is 4.36. The van der Waals surface area contributed by atoms with E-state index < -0.39 is 0 Å². The van der Waals surface area contributed by atoms with Crippen LogP contribution in [0.3, 0.4) is 0 Å². The Morgan fingerprint density at radius 3 is 2.50 bits per heavy atom. The Kier molecular flexibility index (Phi) is 2.74. The molecule has 0 N–H and O–H groups in total. The third-order valence-electron chi connectivity index (χ3n) is 2.14. The third kappa shape index (κ3) is 1.55. The van der Waals surface area contributed by atoms with Gasteiger partial charge < -0.3 is 4.90 Å². The molecule has 1 aromatic heterocycles. The number of hydrogen-bond acceptors (Lipinski definition) is 2. The Morgan fingerprint density at radius 1 is 1.57 bits per heavy atom. The number of carbonyl (C=O) groups excluding carboxylic acids is 1. The lowest BCUT2D eigenvalue weighted by Crippen LogP contribution is -2.23. The Bertz CT molecular complexity index is 377. The van der Waals surface area contributed by atoms with Crippen LogP contribution in [-0.4, -0.2) is 34.7 Å². The van der Waals surface area contributed by atoms with Crippen LogP contribution in [-0.2, 0) is 7.05 Å². The van der Waals surface area contributed by atoms with Crippen LogP contribution < -0.4 is 0 Å². The van der Waals surface area contributed by atoms with Crippen molar-refractivity contribution in [3.63, 3.8) is 0 Å². The fourth-order valence-corrected chi connectivity index (χ4v) is 1.34. The summed E-state index contributed by atoms with van der Waals surface area (Å²) in [4.78, 5) is 13.2. The van der Waals surface area contributed by atoms with Gasteiger partial charge in [-0.15, -0.1) is 0 Å². The van der Waals surface area contributed by atoms with Crippen molar-refractivity contribution >= 4 is 12.0 Å². The van der Waals surface area contributed by atoms with E-state index in [0.717, 1.165) is 11.3 Å². The second-order valence-electron chi connectivity index (χ2n) is 3.39. The smallest absolute Gasteiger partial charge is 0.274 e. The Hall–Kier alpha value is -1.58. The molecule has 0 saturated heterocycles. The minimum Gasteiger partial charge on any atom is -0.343 e. The quantitative estimate of drug-likeness (QED) is 0.704. The van der Waals surface area contributed by atoms with Crippen molar-refractivity contribution in [2.45, 2.75) is 6.92 Å². The number of aryl methyl sites for hydroxylation is 1. The Morgan fingerprint density at radius 2 is 2.14 bits per heavy atom. The maximum absolute atomic E-state index is 11.7. The number of carbonyl (C=O) groups is 1. The fourth-order valence-electron chi connectivity index (χ4n) is 1.34. The summed E-state index contributed by atoms with van der Waals surface area (Å²) in [7, 11) is 5.23. The molecule has 1 aromatic rings. The predicted molar refractivity (Wildman–Crippen MR) is 56.1 cm³/mol. The molecule has 76 valence electrons. The van der Waals surface area contributed by atoms with E-state index in [4.69, 9.17) is 0 Å². The lowest BCUT2D eigenvalue weighted by molar-refractivity contribution is 0.0820. The molecule has 0 saturated carbocycles. The molecule has 0 atom stereocenters. The van der Waals surface area contributed by atoms with Gasteiger partial charge in [-0.25, -0.2) is 0 Å². The molecule has 14 heavy (non-hydrogen) atoms. The molecule has 1 heterocycles. The van der Waals surface area contributed by atoms with Gasteiger partial charge in [0.05, 0.1) is 5.69 Å². The number of amides is 1. The maximum Gasteiger partial charge on any atom is 0.274 e. The van der Waals surface area contributed by atoms with Crippen molar-refractivity contribution in [3.8, 4) is 0 Å². The third-order valence-corrected chi connectivity index (χ3v) is 2.14. The van der Waals surface area contributed by atoms with E-state index in [2.05, 4.69) is 11.7 Å². The fraction of sp³-hybridized carbons (Fsp3) is 0.400. The zero-order chi connectivity index (χ0) is 10.9. The normalized spacial score (nSPS) is 10.0. The summed E-state index contributed by atoms with van der Waals surface area (Å²) in [5, 5.41) is 4.16. The topological polar surface area (TPSA) is 38.1 Å². The zero-order valence-electron chi connectivity index (χ0n) is 9.03. The van der Waals surface area contributed by atoms with E-state index in [9.17, 15) is 4.79 Å². The standard InChI is InChI=1S/C10H15N3O/c1-6-8-7(2)9(11-13(8)5)10(14)12(3)4/h6H,1H2,2-5H3. The zero-order valence-corrected chi connectivity index (χ0v) is 9.03. The summed E-state index contributed by atoms with van der Waals surface area (Å²) in [5.41, 5.74) is 2.25. The first-order valence-corrected chi connectivity index (χ1v) is 4.36. The average Bonchev–Trinajstić information content (AvgIpc) is 2.40. The molecule has 0 unspecified atom stereocenters. The van der Waals surface area contributed by atoms with E-state index in [-0.39, 0.29) is 5.91 Å². The average molecular weight is 193 g/mol. The van der Waals surface area contributed by atoms with E-state index in [1.165, 1.54) is 4.90 Å². The molecule has 1 rings (SSSR count). The SMILES string of the molecule is C=Cc1c(C)c(C(=O)N(C)C)nn1C. The van der Waals surface area contributed by atoms with Gasteiger partial charge in [0, 0.05) is 26.7 Å². The number of hydrogen-bond donors (Lipinski definition) is 0. The molecular weight excluding hydrogens is 178 g/mol. The van der Waals surface area contributed by atoms with E-state index in [0.29, 0.717) is 5.69 Å². The van der Waals surface area contributed by atoms with E-state index in [1.54, 1.807) is 31.9 Å².